The smallest absolute Gasteiger partial charge is 0.128 e. The lowest BCUT2D eigenvalue weighted by molar-refractivity contribution is 0.199. The summed E-state index contributed by atoms with van der Waals surface area (Å²) in [4.78, 5) is 6.48. The average molecular weight is 194 g/mol. The van der Waals surface area contributed by atoms with Gasteiger partial charge in [-0.25, -0.2) is 4.98 Å². The number of aliphatic hydroxyl groups is 1. The van der Waals surface area contributed by atoms with Crippen molar-refractivity contribution in [2.45, 2.75) is 26.9 Å². The van der Waals surface area contributed by atoms with E-state index in [4.69, 9.17) is 0 Å². The highest BCUT2D eigenvalue weighted by Gasteiger charge is 2.04. The Bertz CT molecular complexity index is 265. The molecule has 1 aromatic heterocycles. The van der Waals surface area contributed by atoms with Crippen molar-refractivity contribution in [3.63, 3.8) is 0 Å². The molecule has 0 amide bonds. The van der Waals surface area contributed by atoms with Gasteiger partial charge in [0.25, 0.3) is 0 Å². The quantitative estimate of drug-likeness (QED) is 0.796. The van der Waals surface area contributed by atoms with Crippen LogP contribution in [0.1, 0.15) is 32.4 Å². The molecular weight excluding hydrogens is 176 g/mol. The van der Waals surface area contributed by atoms with Gasteiger partial charge in [0, 0.05) is 19.3 Å². The van der Waals surface area contributed by atoms with Gasteiger partial charge in [-0.2, -0.15) is 0 Å². The number of rotatable bonds is 4. The van der Waals surface area contributed by atoms with E-state index in [0.717, 1.165) is 24.5 Å². The van der Waals surface area contributed by atoms with Crippen molar-refractivity contribution in [1.82, 2.24) is 4.98 Å². The largest absolute Gasteiger partial charge is 0.389 e. The number of hydrogen-bond donors (Lipinski definition) is 1. The van der Waals surface area contributed by atoms with Crippen molar-refractivity contribution in [3.05, 3.63) is 23.9 Å². The summed E-state index contributed by atoms with van der Waals surface area (Å²) in [6.07, 6.45) is 1.30. The molecule has 0 saturated heterocycles. The molecule has 0 aliphatic rings. The second-order valence-corrected chi connectivity index (χ2v) is 3.30. The van der Waals surface area contributed by atoms with Crippen LogP contribution >= 0.6 is 0 Å². The molecule has 78 valence electrons. The van der Waals surface area contributed by atoms with Gasteiger partial charge >= 0.3 is 0 Å². The number of aliphatic hydroxyl groups excluding tert-OH is 1. The molecule has 3 nitrogen and oxygen atoms in total. The first-order valence-electron chi connectivity index (χ1n) is 5.08. The average Bonchev–Trinajstić information content (AvgIpc) is 2.20. The zero-order valence-corrected chi connectivity index (χ0v) is 9.07. The third-order valence-corrected chi connectivity index (χ3v) is 2.34. The van der Waals surface area contributed by atoms with E-state index in [2.05, 4.69) is 23.7 Å². The third-order valence-electron chi connectivity index (χ3n) is 2.34. The lowest BCUT2D eigenvalue weighted by atomic mass is 10.2. The van der Waals surface area contributed by atoms with Gasteiger partial charge in [0.1, 0.15) is 5.82 Å². The number of aromatic nitrogens is 1. The first-order valence-corrected chi connectivity index (χ1v) is 5.08. The van der Waals surface area contributed by atoms with Crippen molar-refractivity contribution in [2.24, 2.45) is 0 Å². The molecule has 0 bridgehead atoms. The SMILES string of the molecule is CCN(CC)c1ccc([C@H](C)O)cn1. The lowest BCUT2D eigenvalue weighted by Gasteiger charge is -2.19. The molecule has 0 radical (unpaired) electrons. The minimum atomic E-state index is -0.437. The van der Waals surface area contributed by atoms with E-state index in [1.165, 1.54) is 0 Å². The minimum Gasteiger partial charge on any atom is -0.389 e. The fourth-order valence-electron chi connectivity index (χ4n) is 1.38. The van der Waals surface area contributed by atoms with Gasteiger partial charge in [0.2, 0.25) is 0 Å². The normalized spacial score (nSPS) is 12.6. The summed E-state index contributed by atoms with van der Waals surface area (Å²) in [5.41, 5.74) is 0.862. The maximum Gasteiger partial charge on any atom is 0.128 e. The van der Waals surface area contributed by atoms with Crippen LogP contribution in [-0.4, -0.2) is 23.2 Å². The summed E-state index contributed by atoms with van der Waals surface area (Å²) in [6.45, 7) is 7.87. The molecular formula is C11H18N2O. The predicted octanol–water partition coefficient (Wildman–Crippen LogP) is 1.98. The Morgan fingerprint density at radius 1 is 1.36 bits per heavy atom. The lowest BCUT2D eigenvalue weighted by Crippen LogP contribution is -2.22. The fraction of sp³-hybridized carbons (Fsp3) is 0.545. The van der Waals surface area contributed by atoms with Gasteiger partial charge in [0.05, 0.1) is 6.10 Å². The summed E-state index contributed by atoms with van der Waals surface area (Å²) < 4.78 is 0. The van der Waals surface area contributed by atoms with Gasteiger partial charge in [-0.15, -0.1) is 0 Å². The summed E-state index contributed by atoms with van der Waals surface area (Å²) in [5.74, 6) is 0.972. The van der Waals surface area contributed by atoms with Gasteiger partial charge in [0.15, 0.2) is 0 Å². The fourth-order valence-corrected chi connectivity index (χ4v) is 1.38. The Labute approximate surface area is 85.4 Å². The van der Waals surface area contributed by atoms with Crippen LogP contribution in [0, 0.1) is 0 Å². The highest BCUT2D eigenvalue weighted by atomic mass is 16.3. The molecule has 1 atom stereocenters. The van der Waals surface area contributed by atoms with Gasteiger partial charge in [-0.05, 0) is 32.4 Å². The summed E-state index contributed by atoms with van der Waals surface area (Å²) >= 11 is 0. The van der Waals surface area contributed by atoms with Crippen LogP contribution < -0.4 is 4.90 Å². The van der Waals surface area contributed by atoms with Gasteiger partial charge in [-0.1, -0.05) is 6.07 Å². The van der Waals surface area contributed by atoms with E-state index < -0.39 is 6.10 Å². The molecule has 1 heterocycles. The van der Waals surface area contributed by atoms with E-state index >= 15 is 0 Å². The van der Waals surface area contributed by atoms with Crippen LogP contribution in [0.25, 0.3) is 0 Å². The standard InChI is InChI=1S/C11H18N2O/c1-4-13(5-2)11-7-6-10(8-12-11)9(3)14/h6-9,14H,4-5H2,1-3H3/t9-/m0/s1. The summed E-state index contributed by atoms with van der Waals surface area (Å²) in [7, 11) is 0. The van der Waals surface area contributed by atoms with Crippen LogP contribution in [0.4, 0.5) is 5.82 Å². The van der Waals surface area contributed by atoms with E-state index in [9.17, 15) is 5.11 Å². The maximum atomic E-state index is 9.31. The molecule has 0 aliphatic carbocycles. The van der Waals surface area contributed by atoms with Crippen LogP contribution in [0.3, 0.4) is 0 Å². The second kappa shape index (κ2) is 4.96. The zero-order chi connectivity index (χ0) is 10.6. The Balaban J connectivity index is 2.81. The van der Waals surface area contributed by atoms with Crippen LogP contribution in [0.2, 0.25) is 0 Å². The Kier molecular flexibility index (Phi) is 3.89. The topological polar surface area (TPSA) is 36.4 Å². The van der Waals surface area contributed by atoms with E-state index in [-0.39, 0.29) is 0 Å². The number of pyridine rings is 1. The molecule has 0 aliphatic heterocycles. The summed E-state index contributed by atoms with van der Waals surface area (Å²) in [5, 5.41) is 9.31. The Morgan fingerprint density at radius 3 is 2.36 bits per heavy atom. The Hall–Kier alpha value is -1.09. The highest BCUT2D eigenvalue weighted by Crippen LogP contribution is 2.15. The van der Waals surface area contributed by atoms with Crippen molar-refractivity contribution in [3.8, 4) is 0 Å². The van der Waals surface area contributed by atoms with E-state index in [1.807, 2.05) is 12.1 Å². The molecule has 14 heavy (non-hydrogen) atoms. The summed E-state index contributed by atoms with van der Waals surface area (Å²) in [6, 6.07) is 3.88. The monoisotopic (exact) mass is 194 g/mol. The number of nitrogens with zero attached hydrogens (tertiary/aromatic N) is 2. The predicted molar refractivity (Wildman–Crippen MR) is 58.4 cm³/mol. The third kappa shape index (κ3) is 2.45. The first-order chi connectivity index (χ1) is 6.69. The Morgan fingerprint density at radius 2 is 2.00 bits per heavy atom. The minimum absolute atomic E-state index is 0.437. The molecule has 0 fully saturated rings. The van der Waals surface area contributed by atoms with Gasteiger partial charge < -0.3 is 10.0 Å². The zero-order valence-electron chi connectivity index (χ0n) is 9.07. The van der Waals surface area contributed by atoms with Crippen molar-refractivity contribution < 1.29 is 5.11 Å². The molecule has 1 aromatic rings. The second-order valence-electron chi connectivity index (χ2n) is 3.30. The highest BCUT2D eigenvalue weighted by molar-refractivity contribution is 5.39. The molecule has 1 rings (SSSR count). The van der Waals surface area contributed by atoms with Crippen molar-refractivity contribution >= 4 is 5.82 Å². The molecule has 0 unspecified atom stereocenters. The molecule has 0 spiro atoms. The number of hydrogen-bond acceptors (Lipinski definition) is 3. The molecule has 1 N–H and O–H groups in total. The van der Waals surface area contributed by atoms with E-state index in [1.54, 1.807) is 13.1 Å². The van der Waals surface area contributed by atoms with Crippen LogP contribution in [0.5, 0.6) is 0 Å². The molecule has 0 saturated carbocycles. The molecule has 0 aromatic carbocycles. The molecule has 3 heteroatoms. The van der Waals surface area contributed by atoms with E-state index in [0.29, 0.717) is 0 Å². The van der Waals surface area contributed by atoms with Crippen molar-refractivity contribution in [2.75, 3.05) is 18.0 Å². The maximum absolute atomic E-state index is 9.31. The van der Waals surface area contributed by atoms with Gasteiger partial charge in [-0.3, -0.25) is 0 Å². The van der Waals surface area contributed by atoms with Crippen molar-refractivity contribution in [1.29, 1.82) is 0 Å². The van der Waals surface area contributed by atoms with Crippen LogP contribution in [0.15, 0.2) is 18.3 Å². The number of anilines is 1. The first kappa shape index (κ1) is 11.0. The van der Waals surface area contributed by atoms with Crippen LogP contribution in [-0.2, 0) is 0 Å².